The summed E-state index contributed by atoms with van der Waals surface area (Å²) in [5.41, 5.74) is 2.42. The van der Waals surface area contributed by atoms with Gasteiger partial charge in [-0.25, -0.2) is 4.39 Å². The molecule has 0 unspecified atom stereocenters. The first kappa shape index (κ1) is 18.9. The molecule has 2 aromatic rings. The second kappa shape index (κ2) is 8.62. The molecule has 0 atom stereocenters. The van der Waals surface area contributed by atoms with Crippen molar-refractivity contribution >= 4 is 29.1 Å². The zero-order valence-electron chi connectivity index (χ0n) is 14.2. The molecule has 0 aromatic heterocycles. The van der Waals surface area contributed by atoms with Crippen LogP contribution in [0.1, 0.15) is 24.5 Å². The molecule has 0 heterocycles. The van der Waals surface area contributed by atoms with Crippen LogP contribution in [0.25, 0.3) is 0 Å². The molecule has 0 saturated heterocycles. The summed E-state index contributed by atoms with van der Waals surface area (Å²) in [6, 6.07) is 11.2. The highest BCUT2D eigenvalue weighted by molar-refractivity contribution is 6.31. The molecule has 0 aliphatic rings. The fraction of sp³-hybridized carbons (Fsp3) is 0.263. The van der Waals surface area contributed by atoms with E-state index in [0.717, 1.165) is 11.1 Å². The van der Waals surface area contributed by atoms with E-state index >= 15 is 0 Å². The maximum Gasteiger partial charge on any atom is 0.223 e. The van der Waals surface area contributed by atoms with Gasteiger partial charge in [0.25, 0.3) is 0 Å². The van der Waals surface area contributed by atoms with Gasteiger partial charge in [0.05, 0.1) is 0 Å². The molecule has 2 amide bonds. The topological polar surface area (TPSA) is 49.4 Å². The van der Waals surface area contributed by atoms with Crippen LogP contribution in [-0.2, 0) is 16.1 Å². The Balaban J connectivity index is 1.94. The van der Waals surface area contributed by atoms with Crippen LogP contribution in [0.5, 0.6) is 0 Å². The van der Waals surface area contributed by atoms with E-state index in [-0.39, 0.29) is 30.6 Å². The third-order valence-corrected chi connectivity index (χ3v) is 4.04. The summed E-state index contributed by atoms with van der Waals surface area (Å²) in [7, 11) is 0. The van der Waals surface area contributed by atoms with E-state index in [1.807, 2.05) is 13.0 Å². The first-order chi connectivity index (χ1) is 11.9. The Labute approximate surface area is 151 Å². The van der Waals surface area contributed by atoms with Crippen molar-refractivity contribution < 1.29 is 14.0 Å². The summed E-state index contributed by atoms with van der Waals surface area (Å²) < 4.78 is 12.9. The number of carbonyl (C=O) groups is 2. The Bertz CT molecular complexity index is 763. The number of hydrogen-bond donors (Lipinski definition) is 1. The van der Waals surface area contributed by atoms with E-state index in [1.54, 1.807) is 29.2 Å². The number of rotatable bonds is 6. The van der Waals surface area contributed by atoms with Crippen molar-refractivity contribution in [3.63, 3.8) is 0 Å². The predicted molar refractivity (Wildman–Crippen MR) is 97.1 cm³/mol. The molecule has 6 heteroatoms. The van der Waals surface area contributed by atoms with E-state index in [0.29, 0.717) is 17.3 Å². The highest BCUT2D eigenvalue weighted by Crippen LogP contribution is 2.24. The van der Waals surface area contributed by atoms with E-state index in [9.17, 15) is 14.0 Å². The summed E-state index contributed by atoms with van der Waals surface area (Å²) in [5, 5.41) is 3.30. The molecule has 0 fully saturated rings. The molecule has 1 N–H and O–H groups in total. The predicted octanol–water partition coefficient (Wildman–Crippen LogP) is 3.85. The molecule has 0 bridgehead atoms. The average molecular weight is 363 g/mol. The Morgan fingerprint density at radius 3 is 2.48 bits per heavy atom. The molecular formula is C19H20ClFN2O2. The smallest absolute Gasteiger partial charge is 0.223 e. The molecule has 2 rings (SSSR count). The van der Waals surface area contributed by atoms with E-state index in [4.69, 9.17) is 11.6 Å². The number of benzene rings is 2. The van der Waals surface area contributed by atoms with Gasteiger partial charge in [0.2, 0.25) is 11.8 Å². The van der Waals surface area contributed by atoms with Gasteiger partial charge in [-0.3, -0.25) is 9.59 Å². The summed E-state index contributed by atoms with van der Waals surface area (Å²) in [6.07, 6.45) is 0.159. The van der Waals surface area contributed by atoms with Gasteiger partial charge >= 0.3 is 0 Å². The number of amides is 2. The number of anilines is 1. The van der Waals surface area contributed by atoms with Crippen LogP contribution >= 0.6 is 11.6 Å². The minimum atomic E-state index is -0.316. The van der Waals surface area contributed by atoms with E-state index in [2.05, 4.69) is 5.32 Å². The largest absolute Gasteiger partial charge is 0.352 e. The summed E-state index contributed by atoms with van der Waals surface area (Å²) in [6.45, 7) is 3.91. The maximum absolute atomic E-state index is 12.9. The monoisotopic (exact) mass is 362 g/mol. The lowest BCUT2D eigenvalue weighted by molar-refractivity contribution is -0.121. The number of halogens is 2. The number of aryl methyl sites for hydroxylation is 1. The molecule has 0 spiro atoms. The van der Waals surface area contributed by atoms with Gasteiger partial charge in [0, 0.05) is 37.1 Å². The zero-order valence-corrected chi connectivity index (χ0v) is 14.9. The molecule has 4 nitrogen and oxygen atoms in total. The van der Waals surface area contributed by atoms with Gasteiger partial charge in [-0.15, -0.1) is 0 Å². The molecule has 0 radical (unpaired) electrons. The van der Waals surface area contributed by atoms with E-state index in [1.165, 1.54) is 19.1 Å². The molecule has 0 aliphatic heterocycles. The first-order valence-electron chi connectivity index (χ1n) is 7.92. The number of carbonyl (C=O) groups excluding carboxylic acids is 2. The van der Waals surface area contributed by atoms with Crippen molar-refractivity contribution in [1.29, 1.82) is 0 Å². The normalized spacial score (nSPS) is 10.4. The molecule has 25 heavy (non-hydrogen) atoms. The molecule has 132 valence electrons. The van der Waals surface area contributed by atoms with Gasteiger partial charge < -0.3 is 10.2 Å². The zero-order chi connectivity index (χ0) is 18.4. The first-order valence-corrected chi connectivity index (χ1v) is 8.30. The van der Waals surface area contributed by atoms with Crippen LogP contribution in [-0.4, -0.2) is 18.4 Å². The average Bonchev–Trinajstić information content (AvgIpc) is 2.57. The van der Waals surface area contributed by atoms with Crippen LogP contribution in [0.15, 0.2) is 42.5 Å². The molecule has 2 aromatic carbocycles. The van der Waals surface area contributed by atoms with Gasteiger partial charge in [-0.05, 0) is 42.3 Å². The fourth-order valence-corrected chi connectivity index (χ4v) is 2.59. The Morgan fingerprint density at radius 1 is 1.16 bits per heavy atom. The van der Waals surface area contributed by atoms with Crippen molar-refractivity contribution in [2.45, 2.75) is 26.8 Å². The number of hydrogen-bond acceptors (Lipinski definition) is 2. The van der Waals surface area contributed by atoms with Crippen molar-refractivity contribution in [3.8, 4) is 0 Å². The van der Waals surface area contributed by atoms with Gasteiger partial charge in [0.1, 0.15) is 5.82 Å². The lowest BCUT2D eigenvalue weighted by atomic mass is 10.1. The Hall–Kier alpha value is -2.40. The highest BCUT2D eigenvalue weighted by atomic mass is 35.5. The SMILES string of the molecule is CC(=O)N(CCC(=O)NCc1ccc(F)cc1)c1cc(Cl)ccc1C. The fourth-order valence-electron chi connectivity index (χ4n) is 2.43. The maximum atomic E-state index is 12.9. The van der Waals surface area contributed by atoms with Gasteiger partial charge in [-0.1, -0.05) is 29.8 Å². The molecular weight excluding hydrogens is 343 g/mol. The van der Waals surface area contributed by atoms with Crippen LogP contribution in [0.4, 0.5) is 10.1 Å². The van der Waals surface area contributed by atoms with E-state index < -0.39 is 0 Å². The number of nitrogens with zero attached hydrogens (tertiary/aromatic N) is 1. The summed E-state index contributed by atoms with van der Waals surface area (Å²) >= 11 is 6.01. The minimum Gasteiger partial charge on any atom is -0.352 e. The lowest BCUT2D eigenvalue weighted by Crippen LogP contribution is -2.34. The third-order valence-electron chi connectivity index (χ3n) is 3.81. The third kappa shape index (κ3) is 5.57. The Morgan fingerprint density at radius 2 is 1.84 bits per heavy atom. The quantitative estimate of drug-likeness (QED) is 0.848. The standard InChI is InChI=1S/C19H20ClFN2O2/c1-13-3-6-16(20)11-18(13)23(14(2)24)10-9-19(25)22-12-15-4-7-17(21)8-5-15/h3-8,11H,9-10,12H2,1-2H3,(H,22,25). The highest BCUT2D eigenvalue weighted by Gasteiger charge is 2.15. The second-order valence-corrected chi connectivity index (χ2v) is 6.19. The van der Waals surface area contributed by atoms with Crippen LogP contribution in [0.3, 0.4) is 0 Å². The number of nitrogens with one attached hydrogen (secondary N) is 1. The second-order valence-electron chi connectivity index (χ2n) is 5.75. The Kier molecular flexibility index (Phi) is 6.53. The summed E-state index contributed by atoms with van der Waals surface area (Å²) in [4.78, 5) is 25.5. The van der Waals surface area contributed by atoms with Crippen molar-refractivity contribution in [1.82, 2.24) is 5.32 Å². The van der Waals surface area contributed by atoms with Crippen molar-refractivity contribution in [3.05, 3.63) is 64.4 Å². The van der Waals surface area contributed by atoms with Crippen molar-refractivity contribution in [2.75, 3.05) is 11.4 Å². The minimum absolute atomic E-state index is 0.156. The summed E-state index contributed by atoms with van der Waals surface area (Å²) in [5.74, 6) is -0.656. The van der Waals surface area contributed by atoms with Gasteiger partial charge in [-0.2, -0.15) is 0 Å². The van der Waals surface area contributed by atoms with Crippen LogP contribution in [0.2, 0.25) is 5.02 Å². The molecule has 0 saturated carbocycles. The van der Waals surface area contributed by atoms with Crippen LogP contribution < -0.4 is 10.2 Å². The van der Waals surface area contributed by atoms with Crippen LogP contribution in [0, 0.1) is 12.7 Å². The van der Waals surface area contributed by atoms with Crippen molar-refractivity contribution in [2.24, 2.45) is 0 Å². The van der Waals surface area contributed by atoms with Gasteiger partial charge in [0.15, 0.2) is 0 Å². The molecule has 0 aliphatic carbocycles. The lowest BCUT2D eigenvalue weighted by Gasteiger charge is -2.23.